The first-order valence-corrected chi connectivity index (χ1v) is 12.5. The summed E-state index contributed by atoms with van der Waals surface area (Å²) in [7, 11) is 0. The Bertz CT molecular complexity index is 1440. The van der Waals surface area contributed by atoms with Crippen molar-refractivity contribution in [3.63, 3.8) is 0 Å². The predicted octanol–water partition coefficient (Wildman–Crippen LogP) is 6.29. The van der Waals surface area contributed by atoms with Gasteiger partial charge in [-0.05, 0) is 65.8 Å². The Morgan fingerprint density at radius 2 is 1.70 bits per heavy atom. The Labute approximate surface area is 216 Å². The molecule has 0 spiro atoms. The van der Waals surface area contributed by atoms with Crippen molar-refractivity contribution in [2.75, 3.05) is 18.4 Å². The average molecular weight is 496 g/mol. The number of nitrogens with one attached hydrogen (secondary N) is 1. The zero-order valence-corrected chi connectivity index (χ0v) is 21.0. The van der Waals surface area contributed by atoms with Gasteiger partial charge in [-0.25, -0.2) is 9.37 Å². The molecule has 5 rings (SSSR count). The van der Waals surface area contributed by atoms with Crippen molar-refractivity contribution >= 4 is 17.8 Å². The number of hydrogen-bond donors (Lipinski definition) is 2. The highest BCUT2D eigenvalue weighted by Gasteiger charge is 2.22. The number of aromatic nitrogens is 1. The van der Waals surface area contributed by atoms with E-state index in [9.17, 15) is 9.90 Å². The van der Waals surface area contributed by atoms with E-state index in [1.54, 1.807) is 12.3 Å². The van der Waals surface area contributed by atoms with Crippen LogP contribution in [0, 0.1) is 19.7 Å². The second-order valence-electron chi connectivity index (χ2n) is 9.63. The van der Waals surface area contributed by atoms with Gasteiger partial charge in [0.15, 0.2) is 11.6 Å². The van der Waals surface area contributed by atoms with Crippen LogP contribution in [0.5, 0.6) is 0 Å². The molecule has 0 bridgehead atoms. The van der Waals surface area contributed by atoms with E-state index in [-0.39, 0.29) is 17.7 Å². The number of aldehydes is 1. The van der Waals surface area contributed by atoms with E-state index in [1.807, 2.05) is 49.4 Å². The van der Waals surface area contributed by atoms with Gasteiger partial charge in [0.1, 0.15) is 6.29 Å². The molecular formula is C31H30FN3O2. The lowest BCUT2D eigenvalue weighted by molar-refractivity contribution is 0.112. The van der Waals surface area contributed by atoms with Crippen LogP contribution in [0.25, 0.3) is 22.3 Å². The predicted molar refractivity (Wildman–Crippen MR) is 146 cm³/mol. The molecule has 0 saturated carbocycles. The summed E-state index contributed by atoms with van der Waals surface area (Å²) in [6.07, 6.45) is 2.84. The fourth-order valence-electron chi connectivity index (χ4n) is 5.06. The lowest BCUT2D eigenvalue weighted by Crippen LogP contribution is -2.22. The third-order valence-corrected chi connectivity index (χ3v) is 7.18. The van der Waals surface area contributed by atoms with Crippen LogP contribution >= 0.6 is 0 Å². The highest BCUT2D eigenvalue weighted by molar-refractivity contribution is 5.83. The maximum atomic E-state index is 15.4. The smallest absolute Gasteiger partial charge is 0.170 e. The molecule has 0 unspecified atom stereocenters. The molecule has 0 radical (unpaired) electrons. The number of halogens is 1. The van der Waals surface area contributed by atoms with Crippen molar-refractivity contribution in [1.29, 1.82) is 0 Å². The largest absolute Gasteiger partial charge is 0.392 e. The number of likely N-dealkylation sites (tertiary alicyclic amines) is 1. The third kappa shape index (κ3) is 5.17. The summed E-state index contributed by atoms with van der Waals surface area (Å²) in [6, 6.07) is 21.4. The van der Waals surface area contributed by atoms with Crippen LogP contribution in [0.3, 0.4) is 0 Å². The first-order chi connectivity index (χ1) is 17.9. The summed E-state index contributed by atoms with van der Waals surface area (Å²) in [4.78, 5) is 17.4. The van der Waals surface area contributed by atoms with Crippen LogP contribution in [0.2, 0.25) is 0 Å². The molecule has 4 aromatic rings. The van der Waals surface area contributed by atoms with Crippen LogP contribution in [0.15, 0.2) is 72.9 Å². The van der Waals surface area contributed by atoms with E-state index < -0.39 is 0 Å². The van der Waals surface area contributed by atoms with Crippen molar-refractivity contribution < 1.29 is 14.3 Å². The minimum absolute atomic E-state index is 0.193. The molecule has 188 valence electrons. The van der Waals surface area contributed by atoms with Crippen molar-refractivity contribution in [1.82, 2.24) is 9.88 Å². The van der Waals surface area contributed by atoms with Crippen LogP contribution in [-0.4, -0.2) is 40.5 Å². The first kappa shape index (κ1) is 24.8. The Kier molecular flexibility index (Phi) is 7.12. The number of benzene rings is 3. The average Bonchev–Trinajstić information content (AvgIpc) is 3.32. The highest BCUT2D eigenvalue weighted by Crippen LogP contribution is 2.36. The molecule has 5 nitrogen and oxygen atoms in total. The molecule has 3 aromatic carbocycles. The number of nitrogens with zero attached hydrogens (tertiary/aromatic N) is 2. The number of hydrogen-bond acceptors (Lipinski definition) is 5. The van der Waals surface area contributed by atoms with Crippen molar-refractivity contribution in [3.8, 4) is 22.3 Å². The van der Waals surface area contributed by atoms with E-state index in [0.717, 1.165) is 51.9 Å². The zero-order valence-electron chi connectivity index (χ0n) is 21.0. The Balaban J connectivity index is 1.44. The number of β-amino-alcohol motifs (C(OH)–C–C–N with tert-alkyl or cyclic N) is 1. The fourth-order valence-corrected chi connectivity index (χ4v) is 5.06. The number of anilines is 2. The Morgan fingerprint density at radius 3 is 2.41 bits per heavy atom. The van der Waals surface area contributed by atoms with Crippen molar-refractivity contribution in [2.24, 2.45) is 0 Å². The van der Waals surface area contributed by atoms with Crippen LogP contribution in [-0.2, 0) is 6.54 Å². The molecule has 1 aromatic heterocycles. The van der Waals surface area contributed by atoms with Gasteiger partial charge in [-0.2, -0.15) is 0 Å². The summed E-state index contributed by atoms with van der Waals surface area (Å²) < 4.78 is 15.4. The quantitative estimate of drug-likeness (QED) is 0.295. The second kappa shape index (κ2) is 10.6. The zero-order chi connectivity index (χ0) is 25.9. The molecule has 0 aliphatic carbocycles. The van der Waals surface area contributed by atoms with Crippen LogP contribution in [0.4, 0.5) is 15.9 Å². The second-order valence-corrected chi connectivity index (χ2v) is 9.63. The Morgan fingerprint density at radius 1 is 1.00 bits per heavy atom. The normalized spacial score (nSPS) is 15.6. The van der Waals surface area contributed by atoms with Crippen molar-refractivity contribution in [2.45, 2.75) is 32.9 Å². The van der Waals surface area contributed by atoms with Gasteiger partial charge in [0.2, 0.25) is 0 Å². The van der Waals surface area contributed by atoms with Gasteiger partial charge in [0.05, 0.1) is 6.10 Å². The summed E-state index contributed by atoms with van der Waals surface area (Å²) >= 11 is 0. The summed E-state index contributed by atoms with van der Waals surface area (Å²) in [5.41, 5.74) is 8.40. The molecule has 1 fully saturated rings. The molecule has 1 saturated heterocycles. The summed E-state index contributed by atoms with van der Waals surface area (Å²) in [6.45, 7) is 5.88. The minimum atomic E-state index is -0.370. The minimum Gasteiger partial charge on any atom is -0.392 e. The molecule has 2 heterocycles. The van der Waals surface area contributed by atoms with Gasteiger partial charge in [0.25, 0.3) is 0 Å². The van der Waals surface area contributed by atoms with E-state index in [1.165, 1.54) is 0 Å². The fraction of sp³-hybridized carbons (Fsp3) is 0.226. The van der Waals surface area contributed by atoms with Gasteiger partial charge < -0.3 is 10.4 Å². The SMILES string of the molecule is Cc1c(Nc2nccc(CN3CC[C@@H](O)C3)c2F)cccc1-c1cccc(-c2ccc(C=O)cc2)c1C. The lowest BCUT2D eigenvalue weighted by Gasteiger charge is -2.18. The van der Waals surface area contributed by atoms with Gasteiger partial charge in [-0.15, -0.1) is 0 Å². The first-order valence-electron chi connectivity index (χ1n) is 12.5. The number of rotatable bonds is 7. The number of aliphatic hydroxyl groups is 1. The van der Waals surface area contributed by atoms with Gasteiger partial charge >= 0.3 is 0 Å². The van der Waals surface area contributed by atoms with Crippen molar-refractivity contribution in [3.05, 3.63) is 101 Å². The van der Waals surface area contributed by atoms with E-state index in [4.69, 9.17) is 0 Å². The lowest BCUT2D eigenvalue weighted by atomic mass is 9.90. The Hall–Kier alpha value is -3.87. The van der Waals surface area contributed by atoms with Crippen LogP contribution in [0.1, 0.15) is 33.5 Å². The number of aliphatic hydroxyl groups excluding tert-OH is 1. The topological polar surface area (TPSA) is 65.5 Å². The molecule has 1 aliphatic heterocycles. The molecule has 0 amide bonds. The molecule has 2 N–H and O–H groups in total. The summed E-state index contributed by atoms with van der Waals surface area (Å²) in [5.74, 6) is -0.177. The number of carbonyl (C=O) groups is 1. The van der Waals surface area contributed by atoms with E-state index >= 15 is 4.39 Å². The molecule has 6 heteroatoms. The highest BCUT2D eigenvalue weighted by atomic mass is 19.1. The van der Waals surface area contributed by atoms with Gasteiger partial charge in [0, 0.05) is 42.6 Å². The number of carbonyl (C=O) groups excluding carboxylic acids is 1. The maximum Gasteiger partial charge on any atom is 0.170 e. The molecule has 1 atom stereocenters. The van der Waals surface area contributed by atoms with Gasteiger partial charge in [-0.1, -0.05) is 54.6 Å². The molecular weight excluding hydrogens is 465 g/mol. The third-order valence-electron chi connectivity index (χ3n) is 7.18. The summed E-state index contributed by atoms with van der Waals surface area (Å²) in [5, 5.41) is 13.0. The molecule has 1 aliphatic rings. The standard InChI is InChI=1S/C31H30FN3O2/c1-20-26(23-11-9-22(19-36)10-12-23)5-3-6-27(20)28-7-4-8-29(21(28)2)34-31-30(32)24(13-15-33-31)17-35-16-14-25(37)18-35/h3-13,15,19,25,37H,14,16-18H2,1-2H3,(H,33,34)/t25-/m1/s1. The van der Waals surface area contributed by atoms with E-state index in [2.05, 4.69) is 40.3 Å². The van der Waals surface area contributed by atoms with Crippen LogP contribution < -0.4 is 5.32 Å². The number of pyridine rings is 1. The maximum absolute atomic E-state index is 15.4. The molecule has 37 heavy (non-hydrogen) atoms. The monoisotopic (exact) mass is 495 g/mol. The van der Waals surface area contributed by atoms with Gasteiger partial charge in [-0.3, -0.25) is 9.69 Å². The van der Waals surface area contributed by atoms with E-state index in [0.29, 0.717) is 30.6 Å².